The fourth-order valence-corrected chi connectivity index (χ4v) is 2.98. The zero-order valence-corrected chi connectivity index (χ0v) is 11.3. The Labute approximate surface area is 113 Å². The molecule has 3 atom stereocenters. The summed E-state index contributed by atoms with van der Waals surface area (Å²) in [5, 5.41) is 18.8. The summed E-state index contributed by atoms with van der Waals surface area (Å²) in [6, 6.07) is -0.988. The topological polar surface area (TPSA) is 81.1 Å². The molecule has 2 unspecified atom stereocenters. The molecule has 6 heteroatoms. The highest BCUT2D eigenvalue weighted by Gasteiger charge is 2.41. The van der Waals surface area contributed by atoms with Crippen molar-refractivity contribution in [1.82, 2.24) is 9.80 Å². The number of likely N-dealkylation sites (tertiary alicyclic amines) is 2. The van der Waals surface area contributed by atoms with Gasteiger partial charge in [0.1, 0.15) is 6.04 Å². The molecule has 2 aliphatic rings. The normalized spacial score (nSPS) is 32.2. The number of β-amino-alcohol motifs (C(OH)–C–C–N with tert-alkyl or cyclic N) is 1. The van der Waals surface area contributed by atoms with Crippen molar-refractivity contribution in [3.63, 3.8) is 0 Å². The van der Waals surface area contributed by atoms with E-state index in [-0.39, 0.29) is 25.0 Å². The number of aliphatic hydroxyl groups excluding tert-OH is 1. The van der Waals surface area contributed by atoms with Gasteiger partial charge in [0.2, 0.25) is 0 Å². The first-order valence-corrected chi connectivity index (χ1v) is 6.99. The molecular weight excluding hydrogens is 248 g/mol. The van der Waals surface area contributed by atoms with Gasteiger partial charge in [0.15, 0.2) is 0 Å². The molecule has 108 valence electrons. The maximum atomic E-state index is 12.5. The van der Waals surface area contributed by atoms with Gasteiger partial charge in [-0.1, -0.05) is 12.8 Å². The Morgan fingerprint density at radius 1 is 1.16 bits per heavy atom. The summed E-state index contributed by atoms with van der Waals surface area (Å²) in [7, 11) is 0. The highest BCUT2D eigenvalue weighted by Crippen LogP contribution is 2.23. The van der Waals surface area contributed by atoms with Crippen molar-refractivity contribution in [2.24, 2.45) is 0 Å². The van der Waals surface area contributed by atoms with Gasteiger partial charge in [0.05, 0.1) is 6.10 Å². The highest BCUT2D eigenvalue weighted by molar-refractivity contribution is 5.83. The quantitative estimate of drug-likeness (QED) is 0.741. The van der Waals surface area contributed by atoms with Crippen LogP contribution in [-0.4, -0.2) is 63.3 Å². The largest absolute Gasteiger partial charge is 0.480 e. The maximum Gasteiger partial charge on any atom is 0.326 e. The molecule has 2 heterocycles. The van der Waals surface area contributed by atoms with Crippen molar-refractivity contribution in [2.75, 3.05) is 13.1 Å². The fraction of sp³-hybridized carbons (Fsp3) is 0.846. The van der Waals surface area contributed by atoms with E-state index in [0.29, 0.717) is 6.54 Å². The fourth-order valence-electron chi connectivity index (χ4n) is 2.98. The van der Waals surface area contributed by atoms with E-state index in [1.165, 1.54) is 4.90 Å². The van der Waals surface area contributed by atoms with Crippen LogP contribution in [0, 0.1) is 0 Å². The van der Waals surface area contributed by atoms with Crippen LogP contribution >= 0.6 is 0 Å². The van der Waals surface area contributed by atoms with Crippen LogP contribution in [0.15, 0.2) is 0 Å². The number of urea groups is 1. The third-order valence-corrected chi connectivity index (χ3v) is 4.11. The molecule has 2 fully saturated rings. The van der Waals surface area contributed by atoms with Gasteiger partial charge in [-0.2, -0.15) is 0 Å². The van der Waals surface area contributed by atoms with Gasteiger partial charge >= 0.3 is 12.0 Å². The lowest BCUT2D eigenvalue weighted by molar-refractivity contribution is -0.141. The minimum Gasteiger partial charge on any atom is -0.480 e. The Morgan fingerprint density at radius 3 is 2.58 bits per heavy atom. The first-order chi connectivity index (χ1) is 9.00. The number of rotatable bonds is 1. The summed E-state index contributed by atoms with van der Waals surface area (Å²) in [5.74, 6) is -1.03. The lowest BCUT2D eigenvalue weighted by atomic mass is 10.1. The highest BCUT2D eigenvalue weighted by atomic mass is 16.4. The van der Waals surface area contributed by atoms with Crippen LogP contribution < -0.4 is 0 Å². The van der Waals surface area contributed by atoms with Crippen molar-refractivity contribution < 1.29 is 19.8 Å². The summed E-state index contributed by atoms with van der Waals surface area (Å²) in [4.78, 5) is 26.8. The summed E-state index contributed by atoms with van der Waals surface area (Å²) in [5.41, 5.74) is 0. The van der Waals surface area contributed by atoms with Crippen molar-refractivity contribution >= 4 is 12.0 Å². The predicted octanol–water partition coefficient (Wildman–Crippen LogP) is 0.891. The molecule has 0 bridgehead atoms. The van der Waals surface area contributed by atoms with Crippen LogP contribution in [-0.2, 0) is 4.79 Å². The average Bonchev–Trinajstić information content (AvgIpc) is 2.62. The Morgan fingerprint density at radius 2 is 1.89 bits per heavy atom. The Bertz CT molecular complexity index is 361. The van der Waals surface area contributed by atoms with Crippen LogP contribution in [0.2, 0.25) is 0 Å². The van der Waals surface area contributed by atoms with Crippen LogP contribution in [0.4, 0.5) is 4.79 Å². The number of aliphatic carboxylic acids is 1. The van der Waals surface area contributed by atoms with Gasteiger partial charge in [-0.05, 0) is 19.8 Å². The summed E-state index contributed by atoms with van der Waals surface area (Å²) in [6.07, 6.45) is 3.54. The summed E-state index contributed by atoms with van der Waals surface area (Å²) >= 11 is 0. The van der Waals surface area contributed by atoms with Gasteiger partial charge in [-0.25, -0.2) is 9.59 Å². The second-order valence-corrected chi connectivity index (χ2v) is 5.57. The first-order valence-electron chi connectivity index (χ1n) is 6.99. The second kappa shape index (κ2) is 5.77. The van der Waals surface area contributed by atoms with E-state index in [4.69, 9.17) is 5.11 Å². The zero-order chi connectivity index (χ0) is 14.0. The molecule has 2 aliphatic heterocycles. The number of nitrogens with zero attached hydrogens (tertiary/aromatic N) is 2. The minimum atomic E-state index is -1.03. The lowest BCUT2D eigenvalue weighted by Crippen LogP contribution is -2.50. The molecule has 0 spiro atoms. The van der Waals surface area contributed by atoms with Crippen LogP contribution in [0.5, 0.6) is 0 Å². The Kier molecular flexibility index (Phi) is 4.29. The van der Waals surface area contributed by atoms with E-state index in [1.807, 2.05) is 6.92 Å². The number of carboxylic acid groups (broad SMARTS) is 1. The molecule has 2 saturated heterocycles. The van der Waals surface area contributed by atoms with E-state index < -0.39 is 18.1 Å². The van der Waals surface area contributed by atoms with Gasteiger partial charge in [-0.3, -0.25) is 0 Å². The van der Waals surface area contributed by atoms with Gasteiger partial charge in [0, 0.05) is 25.6 Å². The van der Waals surface area contributed by atoms with Crippen LogP contribution in [0.1, 0.15) is 39.0 Å². The smallest absolute Gasteiger partial charge is 0.326 e. The second-order valence-electron chi connectivity index (χ2n) is 5.57. The van der Waals surface area contributed by atoms with Crippen molar-refractivity contribution in [3.05, 3.63) is 0 Å². The van der Waals surface area contributed by atoms with Crippen LogP contribution in [0.3, 0.4) is 0 Å². The maximum absolute atomic E-state index is 12.5. The number of hydrogen-bond acceptors (Lipinski definition) is 3. The molecular formula is C13H22N2O4. The Balaban J connectivity index is 2.10. The number of hydrogen-bond donors (Lipinski definition) is 2. The number of carboxylic acids is 1. The summed E-state index contributed by atoms with van der Waals surface area (Å²) in [6.45, 7) is 2.81. The van der Waals surface area contributed by atoms with E-state index in [2.05, 4.69) is 0 Å². The molecule has 0 radical (unpaired) electrons. The number of amides is 2. The molecule has 0 aliphatic carbocycles. The monoisotopic (exact) mass is 270 g/mol. The van der Waals surface area contributed by atoms with Gasteiger partial charge in [0.25, 0.3) is 0 Å². The first kappa shape index (κ1) is 14.1. The Hall–Kier alpha value is -1.30. The lowest BCUT2D eigenvalue weighted by Gasteiger charge is -2.33. The predicted molar refractivity (Wildman–Crippen MR) is 68.8 cm³/mol. The summed E-state index contributed by atoms with van der Waals surface area (Å²) < 4.78 is 0. The molecule has 2 N–H and O–H groups in total. The van der Waals surface area contributed by atoms with E-state index in [0.717, 1.165) is 25.7 Å². The third-order valence-electron chi connectivity index (χ3n) is 4.11. The number of carbonyl (C=O) groups is 2. The molecule has 2 amide bonds. The molecule has 0 saturated carbocycles. The SMILES string of the molecule is CC1CCCCCN1C(=O)N1CC(O)C[C@H]1C(=O)O. The van der Waals surface area contributed by atoms with Crippen molar-refractivity contribution in [1.29, 1.82) is 0 Å². The van der Waals surface area contributed by atoms with Crippen molar-refractivity contribution in [2.45, 2.75) is 57.2 Å². The molecule has 0 aromatic heterocycles. The van der Waals surface area contributed by atoms with Gasteiger partial charge < -0.3 is 20.0 Å². The standard InChI is InChI=1S/C13H22N2O4/c1-9-5-3-2-4-6-14(9)13(19)15-8-10(16)7-11(15)12(17)18/h9-11,16H,2-8H2,1H3,(H,17,18)/t9?,10?,11-/m0/s1. The number of carbonyl (C=O) groups excluding carboxylic acids is 1. The number of aliphatic hydroxyl groups is 1. The van der Waals surface area contributed by atoms with E-state index in [9.17, 15) is 14.7 Å². The molecule has 2 rings (SSSR count). The average molecular weight is 270 g/mol. The van der Waals surface area contributed by atoms with Crippen LogP contribution in [0.25, 0.3) is 0 Å². The zero-order valence-electron chi connectivity index (χ0n) is 11.3. The minimum absolute atomic E-state index is 0.124. The molecule has 6 nitrogen and oxygen atoms in total. The van der Waals surface area contributed by atoms with Gasteiger partial charge in [-0.15, -0.1) is 0 Å². The van der Waals surface area contributed by atoms with E-state index >= 15 is 0 Å². The molecule has 0 aromatic rings. The van der Waals surface area contributed by atoms with E-state index in [1.54, 1.807) is 4.90 Å². The third kappa shape index (κ3) is 3.00. The molecule has 19 heavy (non-hydrogen) atoms. The molecule has 0 aromatic carbocycles. The van der Waals surface area contributed by atoms with Crippen molar-refractivity contribution in [3.8, 4) is 0 Å².